The van der Waals surface area contributed by atoms with Crippen molar-refractivity contribution in [3.05, 3.63) is 17.7 Å². The van der Waals surface area contributed by atoms with Crippen molar-refractivity contribution in [3.63, 3.8) is 0 Å². The molecule has 0 aromatic heterocycles. The Hall–Kier alpha value is -1.36. The van der Waals surface area contributed by atoms with Gasteiger partial charge in [0.15, 0.2) is 0 Å². The molecule has 1 saturated heterocycles. The van der Waals surface area contributed by atoms with Gasteiger partial charge in [-0.2, -0.15) is 11.8 Å². The second kappa shape index (κ2) is 4.96. The topological polar surface area (TPSA) is 58.4 Å². The zero-order valence-corrected chi connectivity index (χ0v) is 11.9. The third-order valence-electron chi connectivity index (χ3n) is 3.73. The number of nitrogens with zero attached hydrogens (tertiary/aromatic N) is 1. The van der Waals surface area contributed by atoms with Crippen LogP contribution in [-0.2, 0) is 11.2 Å². The van der Waals surface area contributed by atoms with Crippen molar-refractivity contribution in [3.8, 4) is 0 Å². The third-order valence-corrected chi connectivity index (χ3v) is 4.87. The second-order valence-corrected chi connectivity index (χ2v) is 6.79. The molecular weight excluding hydrogens is 258 g/mol. The summed E-state index contributed by atoms with van der Waals surface area (Å²) in [5, 5.41) is 3.58. The van der Waals surface area contributed by atoms with Crippen LogP contribution < -0.4 is 16.0 Å². The number of amides is 1. The maximum Gasteiger partial charge on any atom is 0.224 e. The summed E-state index contributed by atoms with van der Waals surface area (Å²) in [6.07, 6.45) is 1.35. The number of hydrogen-bond acceptors (Lipinski definition) is 4. The number of thioether (sulfide) groups is 1. The average Bonchev–Trinajstić information content (AvgIpc) is 2.38. The summed E-state index contributed by atoms with van der Waals surface area (Å²) in [5.41, 5.74) is 10.2. The lowest BCUT2D eigenvalue weighted by Crippen LogP contribution is -2.37. The number of aryl methyl sites for hydroxylation is 1. The number of nitrogens with one attached hydrogen (secondary N) is 1. The molecule has 1 aromatic carbocycles. The first-order valence-corrected chi connectivity index (χ1v) is 7.77. The quantitative estimate of drug-likeness (QED) is 0.772. The molecule has 3 N–H and O–H groups in total. The van der Waals surface area contributed by atoms with E-state index in [9.17, 15) is 4.79 Å². The highest BCUT2D eigenvalue weighted by molar-refractivity contribution is 8.00. The zero-order chi connectivity index (χ0) is 13.4. The van der Waals surface area contributed by atoms with Crippen LogP contribution in [0.2, 0.25) is 0 Å². The van der Waals surface area contributed by atoms with Crippen LogP contribution in [0.1, 0.15) is 18.9 Å². The Morgan fingerprint density at radius 2 is 2.26 bits per heavy atom. The van der Waals surface area contributed by atoms with Gasteiger partial charge in [-0.25, -0.2) is 0 Å². The molecule has 1 unspecified atom stereocenters. The molecule has 0 bridgehead atoms. The van der Waals surface area contributed by atoms with Crippen molar-refractivity contribution in [1.82, 2.24) is 0 Å². The molecule has 5 heteroatoms. The van der Waals surface area contributed by atoms with Crippen molar-refractivity contribution in [2.24, 2.45) is 0 Å². The van der Waals surface area contributed by atoms with E-state index >= 15 is 0 Å². The standard InChI is InChI=1S/C14H19N3OS/c1-9-8-17(4-5-19-9)13-7-12-10(6-11(13)15)2-3-14(18)16-12/h6-7,9H,2-5,8,15H2,1H3,(H,16,18). The van der Waals surface area contributed by atoms with Crippen LogP contribution in [0.4, 0.5) is 17.1 Å². The predicted octanol–water partition coefficient (Wildman–Crippen LogP) is 2.10. The van der Waals surface area contributed by atoms with Gasteiger partial charge in [-0.3, -0.25) is 4.79 Å². The number of carbonyl (C=O) groups is 1. The fraction of sp³-hybridized carbons (Fsp3) is 0.500. The number of nitrogen functional groups attached to an aromatic ring is 1. The number of carbonyl (C=O) groups excluding carboxylic acids is 1. The summed E-state index contributed by atoms with van der Waals surface area (Å²) in [7, 11) is 0. The van der Waals surface area contributed by atoms with Crippen LogP contribution in [0, 0.1) is 0 Å². The summed E-state index contributed by atoms with van der Waals surface area (Å²) in [4.78, 5) is 13.8. The number of anilines is 3. The SMILES string of the molecule is CC1CN(c2cc3c(cc2N)CCC(=O)N3)CCS1. The van der Waals surface area contributed by atoms with Crippen LogP contribution in [0.5, 0.6) is 0 Å². The van der Waals surface area contributed by atoms with Crippen LogP contribution in [-0.4, -0.2) is 30.0 Å². The van der Waals surface area contributed by atoms with Gasteiger partial charge in [0, 0.05) is 36.2 Å². The van der Waals surface area contributed by atoms with Gasteiger partial charge in [-0.1, -0.05) is 6.92 Å². The lowest BCUT2D eigenvalue weighted by molar-refractivity contribution is -0.116. The van der Waals surface area contributed by atoms with Crippen molar-refractivity contribution in [2.45, 2.75) is 25.0 Å². The Kier molecular flexibility index (Phi) is 3.31. The zero-order valence-electron chi connectivity index (χ0n) is 11.1. The normalized spacial score (nSPS) is 22.9. The first-order chi connectivity index (χ1) is 9.13. The smallest absolute Gasteiger partial charge is 0.224 e. The van der Waals surface area contributed by atoms with Crippen molar-refractivity contribution in [1.29, 1.82) is 0 Å². The van der Waals surface area contributed by atoms with Gasteiger partial charge in [-0.15, -0.1) is 0 Å². The van der Waals surface area contributed by atoms with Crippen LogP contribution in [0.25, 0.3) is 0 Å². The second-order valence-electron chi connectivity index (χ2n) is 5.24. The van der Waals surface area contributed by atoms with Crippen LogP contribution >= 0.6 is 11.8 Å². The van der Waals surface area contributed by atoms with E-state index in [-0.39, 0.29) is 5.91 Å². The predicted molar refractivity (Wildman–Crippen MR) is 81.9 cm³/mol. The number of nitrogens with two attached hydrogens (primary N) is 1. The molecule has 1 aromatic rings. The number of benzene rings is 1. The Bertz CT molecular complexity index is 518. The molecule has 2 aliphatic rings. The minimum absolute atomic E-state index is 0.103. The van der Waals surface area contributed by atoms with Crippen molar-refractivity contribution in [2.75, 3.05) is 34.8 Å². The molecule has 1 fully saturated rings. The van der Waals surface area contributed by atoms with E-state index in [1.165, 1.54) is 0 Å². The van der Waals surface area contributed by atoms with E-state index < -0.39 is 0 Å². The summed E-state index contributed by atoms with van der Waals surface area (Å²) >= 11 is 2.00. The van der Waals surface area contributed by atoms with E-state index in [1.807, 2.05) is 23.9 Å². The fourth-order valence-corrected chi connectivity index (χ4v) is 3.76. The molecule has 1 amide bonds. The van der Waals surface area contributed by atoms with Crippen molar-refractivity contribution >= 4 is 34.7 Å². The molecule has 2 aliphatic heterocycles. The Labute approximate surface area is 117 Å². The summed E-state index contributed by atoms with van der Waals surface area (Å²) < 4.78 is 0. The first kappa shape index (κ1) is 12.7. The Morgan fingerprint density at radius 3 is 3.05 bits per heavy atom. The van der Waals surface area contributed by atoms with Crippen molar-refractivity contribution < 1.29 is 4.79 Å². The lowest BCUT2D eigenvalue weighted by Gasteiger charge is -2.34. The van der Waals surface area contributed by atoms with Gasteiger partial charge in [0.05, 0.1) is 11.4 Å². The monoisotopic (exact) mass is 277 g/mol. The van der Waals surface area contributed by atoms with E-state index in [4.69, 9.17) is 5.73 Å². The molecule has 0 radical (unpaired) electrons. The average molecular weight is 277 g/mol. The number of rotatable bonds is 1. The molecule has 2 heterocycles. The molecular formula is C14H19N3OS. The summed E-state index contributed by atoms with van der Waals surface area (Å²) in [5.74, 6) is 1.23. The fourth-order valence-electron chi connectivity index (χ4n) is 2.75. The molecule has 4 nitrogen and oxygen atoms in total. The molecule has 1 atom stereocenters. The van der Waals surface area contributed by atoms with Crippen LogP contribution in [0.15, 0.2) is 12.1 Å². The van der Waals surface area contributed by atoms with E-state index in [2.05, 4.69) is 17.1 Å². The highest BCUT2D eigenvalue weighted by Crippen LogP contribution is 2.35. The molecule has 102 valence electrons. The van der Waals surface area contributed by atoms with E-state index in [0.29, 0.717) is 11.7 Å². The van der Waals surface area contributed by atoms with Gasteiger partial charge in [0.25, 0.3) is 0 Å². The molecule has 0 saturated carbocycles. The Morgan fingerprint density at radius 1 is 1.42 bits per heavy atom. The molecule has 19 heavy (non-hydrogen) atoms. The largest absolute Gasteiger partial charge is 0.397 e. The maximum atomic E-state index is 11.5. The summed E-state index contributed by atoms with van der Waals surface area (Å²) in [6.45, 7) is 4.28. The minimum Gasteiger partial charge on any atom is -0.397 e. The molecule has 0 spiro atoms. The molecule has 0 aliphatic carbocycles. The van der Waals surface area contributed by atoms with Gasteiger partial charge in [-0.05, 0) is 24.1 Å². The molecule has 3 rings (SSSR count). The van der Waals surface area contributed by atoms with Gasteiger partial charge < -0.3 is 16.0 Å². The number of fused-ring (bicyclic) bond motifs is 1. The maximum absolute atomic E-state index is 11.5. The summed E-state index contributed by atoms with van der Waals surface area (Å²) in [6, 6.07) is 4.07. The highest BCUT2D eigenvalue weighted by Gasteiger charge is 2.22. The highest BCUT2D eigenvalue weighted by atomic mass is 32.2. The first-order valence-electron chi connectivity index (χ1n) is 6.72. The van der Waals surface area contributed by atoms with E-state index in [0.717, 1.165) is 47.9 Å². The van der Waals surface area contributed by atoms with Gasteiger partial charge in [0.2, 0.25) is 5.91 Å². The van der Waals surface area contributed by atoms with Gasteiger partial charge in [0.1, 0.15) is 0 Å². The van der Waals surface area contributed by atoms with Crippen LogP contribution in [0.3, 0.4) is 0 Å². The Balaban J connectivity index is 1.93. The van der Waals surface area contributed by atoms with E-state index in [1.54, 1.807) is 0 Å². The number of hydrogen-bond donors (Lipinski definition) is 2. The van der Waals surface area contributed by atoms with Gasteiger partial charge >= 0.3 is 0 Å². The minimum atomic E-state index is 0.103. The third kappa shape index (κ3) is 2.52. The lowest BCUT2D eigenvalue weighted by atomic mass is 10.0.